The summed E-state index contributed by atoms with van der Waals surface area (Å²) in [6.07, 6.45) is 3.84. The molecule has 0 radical (unpaired) electrons. The molecule has 0 spiro atoms. The van der Waals surface area contributed by atoms with Crippen LogP contribution in [0.25, 0.3) is 11.0 Å². The first-order valence-corrected chi connectivity index (χ1v) is 8.42. The van der Waals surface area contributed by atoms with E-state index in [1.54, 1.807) is 12.3 Å². The molecular formula is C18H18ClFN4. The predicted molar refractivity (Wildman–Crippen MR) is 95.0 cm³/mol. The lowest BCUT2D eigenvalue weighted by molar-refractivity contribution is 0.250. The highest BCUT2D eigenvalue weighted by molar-refractivity contribution is 6.30. The van der Waals surface area contributed by atoms with Gasteiger partial charge in [0.15, 0.2) is 0 Å². The summed E-state index contributed by atoms with van der Waals surface area (Å²) in [5.41, 5.74) is 3.10. The molecule has 2 aromatic heterocycles. The fourth-order valence-electron chi connectivity index (χ4n) is 3.23. The number of H-pyrrole nitrogens is 1. The number of halogens is 2. The SMILES string of the molecule is Fc1cc(N2CCN(Cc3c[nH]c4ncccc34)CC2)ccc1Cl. The lowest BCUT2D eigenvalue weighted by atomic mass is 10.2. The van der Waals surface area contributed by atoms with E-state index in [4.69, 9.17) is 11.6 Å². The van der Waals surface area contributed by atoms with E-state index in [1.807, 2.05) is 18.3 Å². The van der Waals surface area contributed by atoms with Gasteiger partial charge in [-0.25, -0.2) is 9.37 Å². The van der Waals surface area contributed by atoms with E-state index in [0.29, 0.717) is 0 Å². The third-order valence-electron chi connectivity index (χ3n) is 4.57. The van der Waals surface area contributed by atoms with Crippen LogP contribution in [0.4, 0.5) is 10.1 Å². The van der Waals surface area contributed by atoms with E-state index in [-0.39, 0.29) is 10.8 Å². The van der Waals surface area contributed by atoms with Crippen LogP contribution in [-0.4, -0.2) is 41.0 Å². The minimum Gasteiger partial charge on any atom is -0.369 e. The van der Waals surface area contributed by atoms with Crippen LogP contribution in [0.2, 0.25) is 5.02 Å². The highest BCUT2D eigenvalue weighted by Gasteiger charge is 2.19. The van der Waals surface area contributed by atoms with Gasteiger partial charge in [-0.2, -0.15) is 0 Å². The Kier molecular flexibility index (Phi) is 4.12. The van der Waals surface area contributed by atoms with E-state index in [0.717, 1.165) is 44.1 Å². The van der Waals surface area contributed by atoms with E-state index >= 15 is 0 Å². The van der Waals surface area contributed by atoms with Crippen LogP contribution in [0.15, 0.2) is 42.7 Å². The van der Waals surface area contributed by atoms with E-state index in [9.17, 15) is 4.39 Å². The maximum absolute atomic E-state index is 13.6. The highest BCUT2D eigenvalue weighted by Crippen LogP contribution is 2.24. The van der Waals surface area contributed by atoms with Crippen LogP contribution in [0.3, 0.4) is 0 Å². The molecule has 0 saturated carbocycles. The molecule has 124 valence electrons. The van der Waals surface area contributed by atoms with Crippen LogP contribution in [0, 0.1) is 5.82 Å². The Labute approximate surface area is 144 Å². The molecular weight excluding hydrogens is 327 g/mol. The number of aromatic amines is 1. The van der Waals surface area contributed by atoms with Gasteiger partial charge in [0.25, 0.3) is 0 Å². The minimum atomic E-state index is -0.358. The molecule has 24 heavy (non-hydrogen) atoms. The first kappa shape index (κ1) is 15.4. The molecule has 0 amide bonds. The molecule has 1 aromatic carbocycles. The Balaban J connectivity index is 1.42. The third-order valence-corrected chi connectivity index (χ3v) is 4.88. The van der Waals surface area contributed by atoms with Crippen molar-refractivity contribution in [1.29, 1.82) is 0 Å². The summed E-state index contributed by atoms with van der Waals surface area (Å²) < 4.78 is 13.6. The van der Waals surface area contributed by atoms with Crippen molar-refractivity contribution in [2.45, 2.75) is 6.54 Å². The Bertz CT molecular complexity index is 855. The molecule has 6 heteroatoms. The standard InChI is InChI=1S/C18H18ClFN4/c19-16-4-3-14(10-17(16)20)24-8-6-23(7-9-24)12-13-11-22-18-15(13)2-1-5-21-18/h1-5,10-11H,6-9,12H2,(H,21,22). The number of pyridine rings is 1. The van der Waals surface area contributed by atoms with Crippen molar-refractivity contribution in [1.82, 2.24) is 14.9 Å². The molecule has 4 nitrogen and oxygen atoms in total. The van der Waals surface area contributed by atoms with Crippen LogP contribution in [0.1, 0.15) is 5.56 Å². The first-order chi connectivity index (χ1) is 11.7. The van der Waals surface area contributed by atoms with Crippen LogP contribution >= 0.6 is 11.6 Å². The molecule has 4 rings (SSSR count). The number of hydrogen-bond donors (Lipinski definition) is 1. The average molecular weight is 345 g/mol. The quantitative estimate of drug-likeness (QED) is 0.787. The lowest BCUT2D eigenvalue weighted by Crippen LogP contribution is -2.46. The van der Waals surface area contributed by atoms with Gasteiger partial charge in [0, 0.05) is 56.2 Å². The van der Waals surface area contributed by atoms with Crippen LogP contribution in [0.5, 0.6) is 0 Å². The van der Waals surface area contributed by atoms with Gasteiger partial charge in [-0.15, -0.1) is 0 Å². The number of benzene rings is 1. The number of anilines is 1. The number of fused-ring (bicyclic) bond motifs is 1. The molecule has 3 heterocycles. The molecule has 1 saturated heterocycles. The van der Waals surface area contributed by atoms with Gasteiger partial charge >= 0.3 is 0 Å². The van der Waals surface area contributed by atoms with Crippen molar-refractivity contribution in [3.63, 3.8) is 0 Å². The molecule has 1 aliphatic rings. The Hall–Kier alpha value is -2.11. The van der Waals surface area contributed by atoms with Crippen LogP contribution < -0.4 is 4.90 Å². The van der Waals surface area contributed by atoms with Crippen molar-refractivity contribution >= 4 is 28.3 Å². The van der Waals surface area contributed by atoms with Crippen molar-refractivity contribution in [3.8, 4) is 0 Å². The molecule has 0 aliphatic carbocycles. The van der Waals surface area contributed by atoms with Crippen molar-refractivity contribution in [2.24, 2.45) is 0 Å². The predicted octanol–water partition coefficient (Wildman–Crippen LogP) is 3.68. The molecule has 0 unspecified atom stereocenters. The number of aromatic nitrogens is 2. The van der Waals surface area contributed by atoms with Crippen molar-refractivity contribution < 1.29 is 4.39 Å². The second kappa shape index (κ2) is 6.42. The van der Waals surface area contributed by atoms with Gasteiger partial charge in [-0.3, -0.25) is 4.90 Å². The second-order valence-electron chi connectivity index (χ2n) is 6.08. The number of piperazine rings is 1. The zero-order chi connectivity index (χ0) is 16.5. The van der Waals surface area contributed by atoms with Gasteiger partial charge in [-0.05, 0) is 35.9 Å². The minimum absolute atomic E-state index is 0.172. The molecule has 1 N–H and O–H groups in total. The average Bonchev–Trinajstić information content (AvgIpc) is 3.01. The molecule has 3 aromatic rings. The number of nitrogens with one attached hydrogen (secondary N) is 1. The highest BCUT2D eigenvalue weighted by atomic mass is 35.5. The number of rotatable bonds is 3. The largest absolute Gasteiger partial charge is 0.369 e. The molecule has 1 fully saturated rings. The fourth-order valence-corrected chi connectivity index (χ4v) is 3.35. The Morgan fingerprint density at radius 2 is 2.00 bits per heavy atom. The van der Waals surface area contributed by atoms with Crippen LogP contribution in [-0.2, 0) is 6.54 Å². The van der Waals surface area contributed by atoms with Gasteiger partial charge < -0.3 is 9.88 Å². The zero-order valence-electron chi connectivity index (χ0n) is 13.2. The summed E-state index contributed by atoms with van der Waals surface area (Å²) in [5, 5.41) is 1.35. The van der Waals surface area contributed by atoms with Crippen molar-refractivity contribution in [2.75, 3.05) is 31.1 Å². The summed E-state index contributed by atoms with van der Waals surface area (Å²) >= 11 is 5.76. The Morgan fingerprint density at radius 1 is 1.17 bits per heavy atom. The molecule has 0 bridgehead atoms. The zero-order valence-corrected chi connectivity index (χ0v) is 13.9. The maximum Gasteiger partial charge on any atom is 0.143 e. The molecule has 0 atom stereocenters. The lowest BCUT2D eigenvalue weighted by Gasteiger charge is -2.36. The summed E-state index contributed by atoms with van der Waals surface area (Å²) in [5.74, 6) is -0.358. The van der Waals surface area contributed by atoms with E-state index < -0.39 is 0 Å². The first-order valence-electron chi connectivity index (χ1n) is 8.04. The molecule has 1 aliphatic heterocycles. The second-order valence-corrected chi connectivity index (χ2v) is 6.48. The van der Waals surface area contributed by atoms with Crippen molar-refractivity contribution in [3.05, 3.63) is 59.1 Å². The van der Waals surface area contributed by atoms with Gasteiger partial charge in [-0.1, -0.05) is 11.6 Å². The van der Waals surface area contributed by atoms with Gasteiger partial charge in [0.1, 0.15) is 11.5 Å². The maximum atomic E-state index is 13.6. The monoisotopic (exact) mass is 344 g/mol. The topological polar surface area (TPSA) is 35.2 Å². The third kappa shape index (κ3) is 2.97. The van der Waals surface area contributed by atoms with Gasteiger partial charge in [0.05, 0.1) is 5.02 Å². The number of hydrogen-bond acceptors (Lipinski definition) is 3. The number of nitrogens with zero attached hydrogens (tertiary/aromatic N) is 3. The summed E-state index contributed by atoms with van der Waals surface area (Å²) in [4.78, 5) is 12.2. The summed E-state index contributed by atoms with van der Waals surface area (Å²) in [7, 11) is 0. The Morgan fingerprint density at radius 3 is 2.79 bits per heavy atom. The van der Waals surface area contributed by atoms with Gasteiger partial charge in [0.2, 0.25) is 0 Å². The van der Waals surface area contributed by atoms with E-state index in [2.05, 4.69) is 25.8 Å². The summed E-state index contributed by atoms with van der Waals surface area (Å²) in [6.45, 7) is 4.53. The smallest absolute Gasteiger partial charge is 0.143 e. The summed E-state index contributed by atoms with van der Waals surface area (Å²) in [6, 6.07) is 9.08. The van der Waals surface area contributed by atoms with E-state index in [1.165, 1.54) is 17.0 Å². The fraction of sp³-hybridized carbons (Fsp3) is 0.278. The normalized spacial score (nSPS) is 16.0.